The molecular formula is C48H86ClN5O8. The van der Waals surface area contributed by atoms with Gasteiger partial charge in [-0.2, -0.15) is 0 Å². The predicted molar refractivity (Wildman–Crippen MR) is 245 cm³/mol. The van der Waals surface area contributed by atoms with Gasteiger partial charge < -0.3 is 42.3 Å². The molecule has 0 bridgehead atoms. The third-order valence-electron chi connectivity index (χ3n) is 15.8. The molecule has 4 aliphatic rings. The molecule has 4 aliphatic carbocycles. The number of nitrogens with one attached hydrogen (secondary N) is 4. The molecule has 0 saturated heterocycles. The fourth-order valence-corrected chi connectivity index (χ4v) is 12.7. The van der Waals surface area contributed by atoms with Crippen molar-refractivity contribution in [2.45, 2.75) is 202 Å². The summed E-state index contributed by atoms with van der Waals surface area (Å²) in [6, 6.07) is -3.51. The molecule has 0 radical (unpaired) electrons. The Morgan fingerprint density at radius 3 is 1.66 bits per heavy atom. The molecule has 0 aliphatic heterocycles. The normalized spacial score (nSPS) is 32.9. The van der Waals surface area contributed by atoms with Crippen molar-refractivity contribution in [1.82, 2.24) is 21.3 Å². The van der Waals surface area contributed by atoms with Crippen molar-refractivity contribution in [3.63, 3.8) is 0 Å². The topological polar surface area (TPSA) is 220 Å². The standard InChI is InChI=1S/C48H85N5O8.ClH/c1-25(2)18-35(49)43(58)51-37(20-27(5)6)45(60)53-38(21-28(7)8)46(61)52-36(19-26(3)4)44(59)50-31-16-17-47(10)30(22-31)23-39(54)42-33-14-13-32(29(9)12-15-41(56)57)48(33,11)40(55)24-34(42)47;/h25-40,42,54-55H,12-24,49H2,1-11H3,(H,50,59)(H,51,58)(H,52,61)(H,53,60)(H,56,57);1H/t29?,30-,31-,32+,33?,34?,35?,36?,37?,38?,39+,40-,42?,47-,48+;/m0./s1. The highest BCUT2D eigenvalue weighted by atomic mass is 35.5. The molecule has 0 aromatic rings. The van der Waals surface area contributed by atoms with Crippen LogP contribution < -0.4 is 27.0 Å². The zero-order chi connectivity index (χ0) is 45.7. The maximum atomic E-state index is 14.2. The molecule has 0 aromatic heterocycles. The molecular weight excluding hydrogens is 810 g/mol. The van der Waals surface area contributed by atoms with Gasteiger partial charge in [-0.1, -0.05) is 76.2 Å². The zero-order valence-electron chi connectivity index (χ0n) is 39.9. The predicted octanol–water partition coefficient (Wildman–Crippen LogP) is 5.96. The van der Waals surface area contributed by atoms with Crippen molar-refractivity contribution in [1.29, 1.82) is 0 Å². The van der Waals surface area contributed by atoms with Crippen LogP contribution in [0.4, 0.5) is 0 Å². The van der Waals surface area contributed by atoms with Crippen molar-refractivity contribution in [2.24, 2.45) is 75.7 Å². The Morgan fingerprint density at radius 2 is 1.16 bits per heavy atom. The molecule has 13 nitrogen and oxygen atoms in total. The molecule has 0 heterocycles. The first-order valence-corrected chi connectivity index (χ1v) is 23.9. The third-order valence-corrected chi connectivity index (χ3v) is 15.8. The summed E-state index contributed by atoms with van der Waals surface area (Å²) >= 11 is 0. The minimum atomic E-state index is -0.922. The average Bonchev–Trinajstić information content (AvgIpc) is 3.51. The number of aliphatic hydroxyl groups is 2. The summed E-state index contributed by atoms with van der Waals surface area (Å²) in [6.07, 6.45) is 6.69. The summed E-state index contributed by atoms with van der Waals surface area (Å²) in [4.78, 5) is 66.4. The lowest BCUT2D eigenvalue weighted by Crippen LogP contribution is -2.63. The van der Waals surface area contributed by atoms with Crippen LogP contribution in [0.3, 0.4) is 0 Å². The Balaban J connectivity index is 0.0000102. The quantitative estimate of drug-likeness (QED) is 0.0722. The number of carbonyl (C=O) groups excluding carboxylic acids is 4. The van der Waals surface area contributed by atoms with Crippen LogP contribution in [0.25, 0.3) is 0 Å². The maximum absolute atomic E-state index is 14.2. The summed E-state index contributed by atoms with van der Waals surface area (Å²) in [5, 5.41) is 45.3. The molecule has 8 unspecified atom stereocenters. The number of aliphatic carboxylic acids is 1. The summed E-state index contributed by atoms with van der Waals surface area (Å²) in [5.41, 5.74) is 5.67. The summed E-state index contributed by atoms with van der Waals surface area (Å²) in [6.45, 7) is 22.5. The number of carbonyl (C=O) groups is 5. The second-order valence-electron chi connectivity index (χ2n) is 22.3. The highest BCUT2D eigenvalue weighted by Gasteiger charge is 2.65. The van der Waals surface area contributed by atoms with Crippen LogP contribution in [0.1, 0.15) is 160 Å². The molecule has 9 N–H and O–H groups in total. The average molecular weight is 897 g/mol. The number of fused-ring (bicyclic) bond motifs is 5. The van der Waals surface area contributed by atoms with Crippen molar-refractivity contribution < 1.29 is 39.3 Å². The van der Waals surface area contributed by atoms with Gasteiger partial charge in [0.05, 0.1) is 18.2 Å². The van der Waals surface area contributed by atoms with Gasteiger partial charge in [-0.3, -0.25) is 24.0 Å². The van der Waals surface area contributed by atoms with Crippen molar-refractivity contribution in [3.8, 4) is 0 Å². The highest BCUT2D eigenvalue weighted by molar-refractivity contribution is 5.94. The van der Waals surface area contributed by atoms with Crippen LogP contribution in [0.5, 0.6) is 0 Å². The van der Waals surface area contributed by atoms with E-state index in [0.717, 1.165) is 25.7 Å². The Morgan fingerprint density at radius 1 is 0.661 bits per heavy atom. The first-order valence-electron chi connectivity index (χ1n) is 23.9. The molecule has 0 spiro atoms. The van der Waals surface area contributed by atoms with E-state index >= 15 is 0 Å². The number of hydrogen-bond donors (Lipinski definition) is 8. The van der Waals surface area contributed by atoms with Crippen molar-refractivity contribution in [2.75, 3.05) is 0 Å². The number of halogens is 1. The zero-order valence-corrected chi connectivity index (χ0v) is 40.7. The smallest absolute Gasteiger partial charge is 0.303 e. The van der Waals surface area contributed by atoms with Gasteiger partial charge in [0.1, 0.15) is 18.1 Å². The fraction of sp³-hybridized carbons (Fsp3) is 0.896. The molecule has 14 heteroatoms. The fourth-order valence-electron chi connectivity index (χ4n) is 12.7. The van der Waals surface area contributed by atoms with Crippen LogP contribution in [0.15, 0.2) is 0 Å². The van der Waals surface area contributed by atoms with E-state index in [4.69, 9.17) is 5.73 Å². The minimum Gasteiger partial charge on any atom is -0.481 e. The molecule has 358 valence electrons. The van der Waals surface area contributed by atoms with Gasteiger partial charge >= 0.3 is 5.97 Å². The summed E-state index contributed by atoms with van der Waals surface area (Å²) < 4.78 is 0. The van der Waals surface area contributed by atoms with Gasteiger partial charge in [-0.05, 0) is 147 Å². The Kier molecular flexibility index (Phi) is 19.6. The van der Waals surface area contributed by atoms with Gasteiger partial charge in [0.25, 0.3) is 0 Å². The van der Waals surface area contributed by atoms with Gasteiger partial charge in [0.2, 0.25) is 23.6 Å². The van der Waals surface area contributed by atoms with Gasteiger partial charge in [0.15, 0.2) is 0 Å². The monoisotopic (exact) mass is 896 g/mol. The first kappa shape index (κ1) is 53.9. The van der Waals surface area contributed by atoms with Gasteiger partial charge in [-0.15, -0.1) is 12.4 Å². The van der Waals surface area contributed by atoms with E-state index in [-0.39, 0.29) is 101 Å². The summed E-state index contributed by atoms with van der Waals surface area (Å²) in [5.74, 6) is -1.02. The van der Waals surface area contributed by atoms with Crippen LogP contribution >= 0.6 is 12.4 Å². The lowest BCUT2D eigenvalue weighted by Gasteiger charge is -2.63. The number of nitrogens with two attached hydrogens (primary N) is 1. The second-order valence-corrected chi connectivity index (χ2v) is 22.3. The minimum absolute atomic E-state index is 0. The van der Waals surface area contributed by atoms with Crippen LogP contribution in [0, 0.1) is 70.0 Å². The number of carboxylic acids is 1. The number of hydrogen-bond acceptors (Lipinski definition) is 8. The number of carboxylic acid groups (broad SMARTS) is 1. The largest absolute Gasteiger partial charge is 0.481 e. The summed E-state index contributed by atoms with van der Waals surface area (Å²) in [7, 11) is 0. The van der Waals surface area contributed by atoms with E-state index in [1.54, 1.807) is 0 Å². The number of aliphatic hydroxyl groups excluding tert-OH is 2. The van der Waals surface area contributed by atoms with Crippen LogP contribution in [-0.2, 0) is 24.0 Å². The number of amides is 4. The molecule has 4 rings (SSSR count). The molecule has 62 heavy (non-hydrogen) atoms. The SMILES string of the molecule is CC(C)CC(N)C(=O)NC(CC(C)C)C(=O)NC(CC(C)C)C(=O)NC(CC(C)C)C(=O)N[C@H]1CC[C@]2(C)C3C[C@H](O)[C@@]4(C)C(CC[C@@H]4C(C)CCC(=O)O)C3[C@H](O)C[C@@H]2C1.Cl. The van der Waals surface area contributed by atoms with Crippen molar-refractivity contribution >= 4 is 42.0 Å². The second kappa shape index (κ2) is 22.6. The van der Waals surface area contributed by atoms with E-state index in [2.05, 4.69) is 42.0 Å². The number of rotatable bonds is 20. The molecule has 4 amide bonds. The van der Waals surface area contributed by atoms with E-state index < -0.39 is 60.1 Å². The first-order chi connectivity index (χ1) is 28.4. The molecule has 4 saturated carbocycles. The maximum Gasteiger partial charge on any atom is 0.303 e. The van der Waals surface area contributed by atoms with Gasteiger partial charge in [0, 0.05) is 12.5 Å². The third kappa shape index (κ3) is 12.9. The van der Waals surface area contributed by atoms with Crippen LogP contribution in [-0.4, -0.2) is 87.3 Å². The van der Waals surface area contributed by atoms with Gasteiger partial charge in [-0.25, -0.2) is 0 Å². The highest BCUT2D eigenvalue weighted by Crippen LogP contribution is 2.68. The van der Waals surface area contributed by atoms with Crippen LogP contribution in [0.2, 0.25) is 0 Å². The van der Waals surface area contributed by atoms with Crippen molar-refractivity contribution in [3.05, 3.63) is 0 Å². The molecule has 15 atom stereocenters. The van der Waals surface area contributed by atoms with E-state index in [1.807, 2.05) is 55.4 Å². The Bertz CT molecular complexity index is 1530. The van der Waals surface area contributed by atoms with E-state index in [0.29, 0.717) is 51.4 Å². The molecule has 4 fully saturated rings. The Labute approximate surface area is 379 Å². The lowest BCUT2D eigenvalue weighted by atomic mass is 9.43. The van der Waals surface area contributed by atoms with E-state index in [9.17, 15) is 39.3 Å². The molecule has 0 aromatic carbocycles. The Hall–Kier alpha value is -2.48. The lowest BCUT2D eigenvalue weighted by molar-refractivity contribution is -0.202. The van der Waals surface area contributed by atoms with E-state index in [1.165, 1.54) is 0 Å².